The van der Waals surface area contributed by atoms with Gasteiger partial charge in [0.25, 0.3) is 0 Å². The van der Waals surface area contributed by atoms with E-state index in [1.807, 2.05) is 10.4 Å². The van der Waals surface area contributed by atoms with Crippen LogP contribution in [0.2, 0.25) is 39.3 Å². The fourth-order valence-electron chi connectivity index (χ4n) is 3.70. The molecule has 0 nitrogen and oxygen atoms in total. The minimum atomic E-state index is -1.16. The maximum absolute atomic E-state index is 2.58. The Labute approximate surface area is 133 Å². The van der Waals surface area contributed by atoms with Gasteiger partial charge in [0.1, 0.15) is 0 Å². The number of fused-ring (bicyclic) bond motifs is 2. The molecule has 0 N–H and O–H groups in total. The van der Waals surface area contributed by atoms with Gasteiger partial charge in [-0.3, -0.25) is 0 Å². The molecule has 0 unspecified atom stereocenters. The van der Waals surface area contributed by atoms with Gasteiger partial charge in [0.05, 0.1) is 16.1 Å². The van der Waals surface area contributed by atoms with Gasteiger partial charge in [0.15, 0.2) is 0 Å². The monoisotopic (exact) mass is 341 g/mol. The van der Waals surface area contributed by atoms with Crippen molar-refractivity contribution in [1.82, 2.24) is 0 Å². The van der Waals surface area contributed by atoms with E-state index >= 15 is 0 Å². The van der Waals surface area contributed by atoms with Crippen molar-refractivity contribution in [3.63, 3.8) is 0 Å². The fraction of sp³-hybridized carbons (Fsp3) is 0.625. The molecule has 0 fully saturated rings. The van der Waals surface area contributed by atoms with Gasteiger partial charge >= 0.3 is 17.1 Å². The van der Waals surface area contributed by atoms with E-state index in [-0.39, 0.29) is 24.5 Å². The standard InChI is InChI=1S/C15H27Si2.CH3.Cu/c1-16(2,3)14-12-9-7-8-10-13(11-12)15(14)17(4,5)6;;/h7,9-10,12-13H,8,11H2,1-6H3;1H3;/q2*-1;+2/t12-,13+;;/m0../s1. The van der Waals surface area contributed by atoms with Crippen molar-refractivity contribution in [3.8, 4) is 0 Å². The molecule has 0 heterocycles. The second kappa shape index (κ2) is 6.47. The van der Waals surface area contributed by atoms with Gasteiger partial charge in [-0.15, -0.1) is 17.2 Å². The van der Waals surface area contributed by atoms with E-state index in [1.165, 1.54) is 12.8 Å². The van der Waals surface area contributed by atoms with Crippen LogP contribution in [0, 0.1) is 25.7 Å². The minimum Gasteiger partial charge on any atom is -0.358 e. The molecular formula is C16H30CuSi2. The van der Waals surface area contributed by atoms with Crippen molar-refractivity contribution in [1.29, 1.82) is 0 Å². The van der Waals surface area contributed by atoms with Crippen LogP contribution in [0.4, 0.5) is 0 Å². The second-order valence-corrected chi connectivity index (χ2v) is 17.8. The van der Waals surface area contributed by atoms with Crippen molar-refractivity contribution < 1.29 is 17.1 Å². The molecule has 0 aliphatic heterocycles. The summed E-state index contributed by atoms with van der Waals surface area (Å²) < 4.78 is 0. The Morgan fingerprint density at radius 1 is 1.00 bits per heavy atom. The Hall–Kier alpha value is 0.433. The van der Waals surface area contributed by atoms with Gasteiger partial charge < -0.3 is 13.8 Å². The zero-order valence-corrected chi connectivity index (χ0v) is 16.5. The van der Waals surface area contributed by atoms with Crippen molar-refractivity contribution in [2.24, 2.45) is 11.8 Å². The maximum atomic E-state index is 2.58. The summed E-state index contributed by atoms with van der Waals surface area (Å²) in [7, 11) is -2.32. The number of rotatable bonds is 2. The predicted molar refractivity (Wildman–Crippen MR) is 89.8 cm³/mol. The van der Waals surface area contributed by atoms with Gasteiger partial charge in [-0.05, 0) is 5.92 Å². The molecule has 0 aromatic carbocycles. The van der Waals surface area contributed by atoms with E-state index in [1.54, 1.807) is 0 Å². The van der Waals surface area contributed by atoms with E-state index in [4.69, 9.17) is 0 Å². The zero-order chi connectivity index (χ0) is 12.8. The Balaban J connectivity index is 0.00000162. The topological polar surface area (TPSA) is 0 Å². The van der Waals surface area contributed by atoms with Crippen LogP contribution >= 0.6 is 0 Å². The summed E-state index contributed by atoms with van der Waals surface area (Å²) in [6.07, 6.45) is 10.1. The van der Waals surface area contributed by atoms with E-state index in [9.17, 15) is 0 Å². The Morgan fingerprint density at radius 3 is 2.00 bits per heavy atom. The Kier molecular flexibility index (Phi) is 6.61. The molecule has 0 saturated carbocycles. The first-order chi connectivity index (χ1) is 7.71. The molecule has 0 spiro atoms. The molecule has 2 rings (SSSR count). The van der Waals surface area contributed by atoms with Gasteiger partial charge in [-0.25, -0.2) is 0 Å². The SMILES string of the molecule is C[Si](C)(C)C1=C([Si](C)(C)C)[C@H]2C=CC[CH-][C@@H]1C2.[CH3-].[Cu+2]. The van der Waals surface area contributed by atoms with Crippen LogP contribution in [0.25, 0.3) is 0 Å². The summed E-state index contributed by atoms with van der Waals surface area (Å²) in [5.74, 6) is 1.59. The molecule has 0 aromatic heterocycles. The largest absolute Gasteiger partial charge is 2.00 e. The molecule has 2 aliphatic rings. The van der Waals surface area contributed by atoms with E-state index in [0.717, 1.165) is 11.8 Å². The molecule has 19 heavy (non-hydrogen) atoms. The molecule has 2 atom stereocenters. The summed E-state index contributed by atoms with van der Waals surface area (Å²) in [5, 5.41) is 3.83. The molecule has 0 aromatic rings. The second-order valence-electron chi connectivity index (χ2n) is 7.68. The third kappa shape index (κ3) is 3.96. The van der Waals surface area contributed by atoms with E-state index in [0.29, 0.717) is 0 Å². The van der Waals surface area contributed by atoms with Crippen molar-refractivity contribution in [2.75, 3.05) is 0 Å². The molecule has 2 bridgehead atoms. The zero-order valence-electron chi connectivity index (χ0n) is 13.6. The van der Waals surface area contributed by atoms with Crippen LogP contribution in [0.15, 0.2) is 22.5 Å². The molecule has 0 saturated heterocycles. The first kappa shape index (κ1) is 19.4. The number of hydrogen-bond acceptors (Lipinski definition) is 0. The van der Waals surface area contributed by atoms with Gasteiger partial charge in [0.2, 0.25) is 0 Å². The molecule has 1 radical (unpaired) electrons. The quantitative estimate of drug-likeness (QED) is 0.364. The summed E-state index contributed by atoms with van der Waals surface area (Å²) in [4.78, 5) is 0. The van der Waals surface area contributed by atoms with Crippen LogP contribution in [0.3, 0.4) is 0 Å². The van der Waals surface area contributed by atoms with Crippen LogP contribution in [-0.2, 0) is 17.1 Å². The third-order valence-electron chi connectivity index (χ3n) is 4.08. The Morgan fingerprint density at radius 2 is 1.53 bits per heavy atom. The smallest absolute Gasteiger partial charge is 0.358 e. The van der Waals surface area contributed by atoms with Gasteiger partial charge in [-0.2, -0.15) is 6.42 Å². The van der Waals surface area contributed by atoms with E-state index in [2.05, 4.69) is 57.9 Å². The third-order valence-corrected chi connectivity index (χ3v) is 8.84. The summed E-state index contributed by atoms with van der Waals surface area (Å²) in [5.41, 5.74) is 0. The molecular weight excluding hydrogens is 312 g/mol. The van der Waals surface area contributed by atoms with Crippen LogP contribution < -0.4 is 0 Å². The van der Waals surface area contributed by atoms with Crippen LogP contribution in [-0.4, -0.2) is 16.1 Å². The molecule has 3 heteroatoms. The van der Waals surface area contributed by atoms with Gasteiger partial charge in [0, 0.05) is 0 Å². The Bertz CT molecular complexity index is 369. The summed E-state index contributed by atoms with van der Waals surface area (Å²) in [6, 6.07) is 0. The average molecular weight is 342 g/mol. The van der Waals surface area contributed by atoms with Gasteiger partial charge in [-0.1, -0.05) is 57.0 Å². The summed E-state index contributed by atoms with van der Waals surface area (Å²) in [6.45, 7) is 15.2. The molecule has 0 amide bonds. The fourth-order valence-corrected chi connectivity index (χ4v) is 10.6. The average Bonchev–Trinajstić information content (AvgIpc) is 2.30. The number of allylic oxidation sites excluding steroid dienone is 4. The maximum Gasteiger partial charge on any atom is 2.00 e. The molecule has 2 aliphatic carbocycles. The molecule has 113 valence electrons. The van der Waals surface area contributed by atoms with Crippen LogP contribution in [0.5, 0.6) is 0 Å². The first-order valence-corrected chi connectivity index (χ1v) is 14.0. The van der Waals surface area contributed by atoms with Crippen molar-refractivity contribution >= 4 is 16.1 Å². The predicted octanol–water partition coefficient (Wildman–Crippen LogP) is 5.29. The van der Waals surface area contributed by atoms with Crippen molar-refractivity contribution in [3.05, 3.63) is 36.4 Å². The normalized spacial score (nSPS) is 26.6. The van der Waals surface area contributed by atoms with Crippen molar-refractivity contribution in [2.45, 2.75) is 52.1 Å². The van der Waals surface area contributed by atoms with E-state index < -0.39 is 16.1 Å². The van der Waals surface area contributed by atoms with Crippen LogP contribution in [0.1, 0.15) is 12.8 Å². The summed E-state index contributed by atoms with van der Waals surface area (Å²) >= 11 is 0. The number of hydrogen-bond donors (Lipinski definition) is 0. The first-order valence-electron chi connectivity index (χ1n) is 6.96. The minimum absolute atomic E-state index is 0.